The van der Waals surface area contributed by atoms with Crippen molar-refractivity contribution in [1.82, 2.24) is 0 Å². The summed E-state index contributed by atoms with van der Waals surface area (Å²) < 4.78 is 15.5. The average molecular weight is 198 g/mol. The molecule has 0 bridgehead atoms. The number of carbonyl (C=O) groups is 1. The summed E-state index contributed by atoms with van der Waals surface area (Å²) in [6, 6.07) is 0. The minimum Gasteiger partial charge on any atom is -0.501 e. The third-order valence-corrected chi connectivity index (χ3v) is 2.22. The average Bonchev–Trinajstić information content (AvgIpc) is 2.28. The summed E-state index contributed by atoms with van der Waals surface area (Å²) in [5.74, 6) is -0.214. The van der Waals surface area contributed by atoms with Crippen molar-refractivity contribution >= 4 is 6.29 Å². The molecule has 0 spiro atoms. The van der Waals surface area contributed by atoms with Gasteiger partial charge in [0.05, 0.1) is 13.5 Å². The van der Waals surface area contributed by atoms with Crippen LogP contribution in [0.2, 0.25) is 0 Å². The largest absolute Gasteiger partial charge is 0.501 e. The second-order valence-electron chi connectivity index (χ2n) is 2.97. The lowest BCUT2D eigenvalue weighted by Gasteiger charge is -2.30. The van der Waals surface area contributed by atoms with Gasteiger partial charge in [-0.3, -0.25) is 4.79 Å². The van der Waals surface area contributed by atoms with Crippen molar-refractivity contribution in [3.63, 3.8) is 0 Å². The molecule has 0 aromatic rings. The van der Waals surface area contributed by atoms with Crippen LogP contribution in [0.4, 0.5) is 0 Å². The van der Waals surface area contributed by atoms with Gasteiger partial charge in [-0.1, -0.05) is 0 Å². The van der Waals surface area contributed by atoms with E-state index in [0.717, 1.165) is 6.29 Å². The van der Waals surface area contributed by atoms with Crippen LogP contribution in [0.25, 0.3) is 0 Å². The highest BCUT2D eigenvalue weighted by Gasteiger charge is 2.32. The van der Waals surface area contributed by atoms with E-state index in [-0.39, 0.29) is 0 Å². The number of aldehydes is 1. The number of hydrogen-bond donors (Lipinski definition) is 0. The molecule has 78 valence electrons. The predicted molar refractivity (Wildman–Crippen MR) is 50.6 cm³/mol. The molecule has 0 aromatic carbocycles. The standard InChI is InChI=1S/C10H14O4/c1-12-9-4-8(7-11)5-10(6-9,13-2)14-3/h4-5,7H,6H2,1-3H3. The van der Waals surface area contributed by atoms with Crippen LogP contribution in [-0.2, 0) is 19.0 Å². The molecule has 0 fully saturated rings. The van der Waals surface area contributed by atoms with Crippen LogP contribution in [0.15, 0.2) is 23.5 Å². The number of allylic oxidation sites excluding steroid dienone is 2. The molecule has 4 nitrogen and oxygen atoms in total. The topological polar surface area (TPSA) is 44.8 Å². The highest BCUT2D eigenvalue weighted by molar-refractivity contribution is 5.78. The molecule has 0 aromatic heterocycles. The van der Waals surface area contributed by atoms with Crippen LogP contribution >= 0.6 is 0 Å². The molecule has 0 N–H and O–H groups in total. The molecule has 1 rings (SSSR count). The SMILES string of the molecule is COC1=CC(C=O)=CC(OC)(OC)C1. The van der Waals surface area contributed by atoms with Gasteiger partial charge < -0.3 is 14.2 Å². The molecule has 0 saturated carbocycles. The van der Waals surface area contributed by atoms with Gasteiger partial charge in [0.15, 0.2) is 5.79 Å². The van der Waals surface area contributed by atoms with E-state index in [2.05, 4.69) is 0 Å². The van der Waals surface area contributed by atoms with Gasteiger partial charge in [-0.15, -0.1) is 0 Å². The van der Waals surface area contributed by atoms with Crippen LogP contribution in [0.3, 0.4) is 0 Å². The molecule has 4 heteroatoms. The zero-order valence-electron chi connectivity index (χ0n) is 8.57. The Bertz CT molecular complexity index is 274. The Morgan fingerprint density at radius 3 is 2.43 bits per heavy atom. The molecule has 0 aliphatic heterocycles. The first-order chi connectivity index (χ1) is 6.69. The molecule has 0 atom stereocenters. The van der Waals surface area contributed by atoms with Gasteiger partial charge in [0.25, 0.3) is 0 Å². The van der Waals surface area contributed by atoms with Gasteiger partial charge in [0.1, 0.15) is 12.0 Å². The van der Waals surface area contributed by atoms with E-state index in [1.807, 2.05) is 0 Å². The molecule has 0 saturated heterocycles. The zero-order chi connectivity index (χ0) is 10.6. The molecule has 1 aliphatic carbocycles. The number of carbonyl (C=O) groups excluding carboxylic acids is 1. The maximum Gasteiger partial charge on any atom is 0.195 e. The van der Waals surface area contributed by atoms with Gasteiger partial charge in [-0.25, -0.2) is 0 Å². The minimum absolute atomic E-state index is 0.466. The fraction of sp³-hybridized carbons (Fsp3) is 0.500. The van der Waals surface area contributed by atoms with E-state index in [0.29, 0.717) is 17.8 Å². The molecule has 0 radical (unpaired) electrons. The van der Waals surface area contributed by atoms with E-state index in [1.54, 1.807) is 19.3 Å². The van der Waals surface area contributed by atoms with Gasteiger partial charge >= 0.3 is 0 Å². The molecule has 0 heterocycles. The third kappa shape index (κ3) is 2.02. The van der Waals surface area contributed by atoms with Crippen LogP contribution < -0.4 is 0 Å². The Labute approximate surface area is 83.1 Å². The van der Waals surface area contributed by atoms with Crippen molar-refractivity contribution in [2.24, 2.45) is 0 Å². The second-order valence-corrected chi connectivity index (χ2v) is 2.97. The smallest absolute Gasteiger partial charge is 0.195 e. The van der Waals surface area contributed by atoms with Crippen molar-refractivity contribution < 1.29 is 19.0 Å². The summed E-state index contributed by atoms with van der Waals surface area (Å²) in [6.45, 7) is 0. The second kappa shape index (κ2) is 4.39. The van der Waals surface area contributed by atoms with Crippen molar-refractivity contribution in [3.05, 3.63) is 23.5 Å². The van der Waals surface area contributed by atoms with Crippen LogP contribution in [0, 0.1) is 0 Å². The normalized spacial score (nSPS) is 19.6. The Morgan fingerprint density at radius 2 is 2.00 bits per heavy atom. The fourth-order valence-electron chi connectivity index (χ4n) is 1.37. The number of methoxy groups -OCH3 is 3. The van der Waals surface area contributed by atoms with E-state index >= 15 is 0 Å². The van der Waals surface area contributed by atoms with Gasteiger partial charge in [-0.05, 0) is 12.2 Å². The van der Waals surface area contributed by atoms with Crippen LogP contribution in [-0.4, -0.2) is 33.4 Å². The quantitative estimate of drug-likeness (QED) is 0.500. The van der Waals surface area contributed by atoms with E-state index in [4.69, 9.17) is 14.2 Å². The van der Waals surface area contributed by atoms with E-state index < -0.39 is 5.79 Å². The summed E-state index contributed by atoms with van der Waals surface area (Å²) in [7, 11) is 4.61. The number of hydrogen-bond acceptors (Lipinski definition) is 4. The molecule has 1 aliphatic rings. The molecular weight excluding hydrogens is 184 g/mol. The first-order valence-electron chi connectivity index (χ1n) is 4.22. The van der Waals surface area contributed by atoms with Crippen LogP contribution in [0.5, 0.6) is 0 Å². The predicted octanol–water partition coefficient (Wildman–Crippen LogP) is 1.03. The summed E-state index contributed by atoms with van der Waals surface area (Å²) in [5.41, 5.74) is 0.497. The lowest BCUT2D eigenvalue weighted by atomic mass is 10.0. The van der Waals surface area contributed by atoms with Crippen molar-refractivity contribution in [3.8, 4) is 0 Å². The van der Waals surface area contributed by atoms with Crippen molar-refractivity contribution in [2.75, 3.05) is 21.3 Å². The maximum atomic E-state index is 10.7. The Kier molecular flexibility index (Phi) is 3.43. The summed E-state index contributed by atoms with van der Waals surface area (Å²) >= 11 is 0. The molecule has 0 unspecified atom stereocenters. The summed E-state index contributed by atoms with van der Waals surface area (Å²) in [6.07, 6.45) is 4.52. The van der Waals surface area contributed by atoms with Gasteiger partial charge in [-0.2, -0.15) is 0 Å². The van der Waals surface area contributed by atoms with Gasteiger partial charge in [0, 0.05) is 19.8 Å². The molecule has 0 amide bonds. The first kappa shape index (κ1) is 10.9. The number of ether oxygens (including phenoxy) is 3. The Hall–Kier alpha value is -1.13. The fourth-order valence-corrected chi connectivity index (χ4v) is 1.37. The molecular formula is C10H14O4. The Morgan fingerprint density at radius 1 is 1.36 bits per heavy atom. The maximum absolute atomic E-state index is 10.7. The van der Waals surface area contributed by atoms with Crippen LogP contribution in [0.1, 0.15) is 6.42 Å². The minimum atomic E-state index is -0.879. The molecule has 14 heavy (non-hydrogen) atoms. The summed E-state index contributed by atoms with van der Waals surface area (Å²) in [5, 5.41) is 0. The van der Waals surface area contributed by atoms with Crippen molar-refractivity contribution in [2.45, 2.75) is 12.2 Å². The highest BCUT2D eigenvalue weighted by atomic mass is 16.7. The monoisotopic (exact) mass is 198 g/mol. The lowest BCUT2D eigenvalue weighted by Crippen LogP contribution is -2.34. The van der Waals surface area contributed by atoms with Gasteiger partial charge in [0.2, 0.25) is 0 Å². The zero-order valence-corrected chi connectivity index (χ0v) is 8.57. The number of rotatable bonds is 4. The van der Waals surface area contributed by atoms with E-state index in [9.17, 15) is 4.79 Å². The highest BCUT2D eigenvalue weighted by Crippen LogP contribution is 2.29. The lowest BCUT2D eigenvalue weighted by molar-refractivity contribution is -0.174. The third-order valence-electron chi connectivity index (χ3n) is 2.22. The first-order valence-corrected chi connectivity index (χ1v) is 4.22. The van der Waals surface area contributed by atoms with E-state index in [1.165, 1.54) is 14.2 Å². The van der Waals surface area contributed by atoms with Crippen molar-refractivity contribution in [1.29, 1.82) is 0 Å². The Balaban J connectivity index is 3.00. The summed E-state index contributed by atoms with van der Waals surface area (Å²) in [4.78, 5) is 10.7.